The van der Waals surface area contributed by atoms with Crippen LogP contribution in [0.3, 0.4) is 0 Å². The Morgan fingerprint density at radius 1 is 0.857 bits per heavy atom. The molecule has 8 heteroatoms. The first-order chi connectivity index (χ1) is 13.5. The number of urea groups is 1. The van der Waals surface area contributed by atoms with Gasteiger partial charge in [0.1, 0.15) is 11.5 Å². The van der Waals surface area contributed by atoms with Crippen LogP contribution in [-0.4, -0.2) is 16.7 Å². The molecule has 2 amide bonds. The van der Waals surface area contributed by atoms with Crippen LogP contribution in [0.2, 0.25) is 0 Å². The van der Waals surface area contributed by atoms with E-state index in [1.807, 2.05) is 0 Å². The van der Waals surface area contributed by atoms with E-state index in [4.69, 9.17) is 0 Å². The molecule has 2 N–H and O–H groups in total. The van der Waals surface area contributed by atoms with E-state index in [9.17, 15) is 24.1 Å². The van der Waals surface area contributed by atoms with Crippen molar-refractivity contribution in [1.29, 1.82) is 0 Å². The summed E-state index contributed by atoms with van der Waals surface area (Å²) in [6, 6.07) is 16.9. The van der Waals surface area contributed by atoms with Gasteiger partial charge in [-0.2, -0.15) is 0 Å². The van der Waals surface area contributed by atoms with Crippen molar-refractivity contribution in [3.63, 3.8) is 0 Å². The zero-order valence-electron chi connectivity index (χ0n) is 14.4. The van der Waals surface area contributed by atoms with Crippen LogP contribution in [-0.2, 0) is 0 Å². The van der Waals surface area contributed by atoms with Crippen LogP contribution in [0.15, 0.2) is 72.8 Å². The topological polar surface area (TPSA) is 101 Å². The van der Waals surface area contributed by atoms with Crippen LogP contribution in [0.4, 0.5) is 26.2 Å². The van der Waals surface area contributed by atoms with Crippen molar-refractivity contribution in [3.05, 3.63) is 99.9 Å². The van der Waals surface area contributed by atoms with Gasteiger partial charge in [0, 0.05) is 11.1 Å². The molecule has 0 aromatic heterocycles. The Bertz CT molecular complexity index is 1050. The van der Waals surface area contributed by atoms with Gasteiger partial charge in [0.2, 0.25) is 0 Å². The lowest BCUT2D eigenvalue weighted by Gasteiger charge is -2.12. The summed E-state index contributed by atoms with van der Waals surface area (Å²) < 4.78 is 13.2. The molecule has 0 aliphatic carbocycles. The molecule has 3 aromatic carbocycles. The second-order valence-corrected chi connectivity index (χ2v) is 5.74. The van der Waals surface area contributed by atoms with Crippen LogP contribution >= 0.6 is 0 Å². The van der Waals surface area contributed by atoms with Crippen LogP contribution in [0.1, 0.15) is 15.9 Å². The molecule has 0 bridgehead atoms. The minimum atomic E-state index is -0.803. The van der Waals surface area contributed by atoms with E-state index in [1.165, 1.54) is 6.07 Å². The number of para-hydroxylation sites is 1. The number of hydrogen-bond acceptors (Lipinski definition) is 4. The van der Waals surface area contributed by atoms with Crippen molar-refractivity contribution in [2.24, 2.45) is 0 Å². The molecule has 0 saturated heterocycles. The molecule has 0 heterocycles. The summed E-state index contributed by atoms with van der Waals surface area (Å²) in [5.41, 5.74) is 0.196. The van der Waals surface area contributed by atoms with Crippen molar-refractivity contribution >= 4 is 28.9 Å². The molecule has 3 aromatic rings. The quantitative estimate of drug-likeness (QED) is 0.384. The number of carbonyl (C=O) groups is 2. The molecule has 0 radical (unpaired) electrons. The van der Waals surface area contributed by atoms with Gasteiger partial charge in [0.25, 0.3) is 5.69 Å². The van der Waals surface area contributed by atoms with Crippen molar-refractivity contribution in [3.8, 4) is 0 Å². The summed E-state index contributed by atoms with van der Waals surface area (Å²) in [7, 11) is 0. The predicted octanol–water partition coefficient (Wildman–Crippen LogP) is 4.61. The molecule has 0 atom stereocenters. The van der Waals surface area contributed by atoms with Gasteiger partial charge in [-0.3, -0.25) is 14.9 Å². The number of rotatable bonds is 5. The van der Waals surface area contributed by atoms with E-state index >= 15 is 0 Å². The monoisotopic (exact) mass is 379 g/mol. The largest absolute Gasteiger partial charge is 0.323 e. The average molecular weight is 379 g/mol. The molecular formula is C20H14FN3O4. The normalized spacial score (nSPS) is 10.2. The van der Waals surface area contributed by atoms with Crippen molar-refractivity contribution in [1.82, 2.24) is 0 Å². The number of hydrogen-bond donors (Lipinski definition) is 2. The Labute approximate surface area is 159 Å². The highest BCUT2D eigenvalue weighted by Gasteiger charge is 2.19. The molecular weight excluding hydrogens is 365 g/mol. The fraction of sp³-hybridized carbons (Fsp3) is 0. The predicted molar refractivity (Wildman–Crippen MR) is 102 cm³/mol. The molecule has 0 spiro atoms. The highest BCUT2D eigenvalue weighted by molar-refractivity contribution is 6.14. The maximum Gasteiger partial charge on any atom is 0.323 e. The van der Waals surface area contributed by atoms with Crippen molar-refractivity contribution < 1.29 is 18.9 Å². The number of nitro benzene ring substituents is 1. The molecule has 140 valence electrons. The molecule has 0 aliphatic heterocycles. The van der Waals surface area contributed by atoms with Crippen LogP contribution < -0.4 is 10.6 Å². The molecule has 0 aliphatic rings. The van der Waals surface area contributed by atoms with E-state index < -0.39 is 22.5 Å². The Morgan fingerprint density at radius 3 is 2.21 bits per heavy atom. The molecule has 0 fully saturated rings. The number of nitrogens with one attached hydrogen (secondary N) is 2. The fourth-order valence-electron chi connectivity index (χ4n) is 2.57. The Kier molecular flexibility index (Phi) is 5.40. The minimum Gasteiger partial charge on any atom is -0.307 e. The number of ketones is 1. The number of anilines is 2. The third-order valence-corrected chi connectivity index (χ3v) is 3.86. The van der Waals surface area contributed by atoms with Crippen LogP contribution in [0.25, 0.3) is 0 Å². The number of amides is 2. The second-order valence-electron chi connectivity index (χ2n) is 5.74. The summed E-state index contributed by atoms with van der Waals surface area (Å²) in [6.45, 7) is 0. The van der Waals surface area contributed by atoms with Gasteiger partial charge in [-0.05, 0) is 24.3 Å². The first kappa shape index (κ1) is 18.7. The fourth-order valence-corrected chi connectivity index (χ4v) is 2.57. The number of benzene rings is 3. The minimum absolute atomic E-state index is 0.171. The molecule has 0 saturated carbocycles. The van der Waals surface area contributed by atoms with Gasteiger partial charge in [-0.15, -0.1) is 0 Å². The number of nitrogens with zero attached hydrogens (tertiary/aromatic N) is 1. The van der Waals surface area contributed by atoms with E-state index in [-0.39, 0.29) is 22.7 Å². The summed E-state index contributed by atoms with van der Waals surface area (Å²) in [5.74, 6) is -1.08. The number of nitro groups is 1. The Morgan fingerprint density at radius 2 is 1.50 bits per heavy atom. The summed E-state index contributed by atoms with van der Waals surface area (Å²) >= 11 is 0. The first-order valence-corrected chi connectivity index (χ1v) is 8.16. The highest BCUT2D eigenvalue weighted by Crippen LogP contribution is 2.26. The standard InChI is InChI=1S/C20H14FN3O4/c21-14-10-11-17(18(12-14)24(27)28)23-20(26)22-16-9-5-4-8-15(16)19(25)13-6-2-1-3-7-13/h1-12H,(H2,22,23,26). The lowest BCUT2D eigenvalue weighted by Crippen LogP contribution is -2.21. The van der Waals surface area contributed by atoms with Crippen LogP contribution in [0, 0.1) is 15.9 Å². The third-order valence-electron chi connectivity index (χ3n) is 3.86. The van der Waals surface area contributed by atoms with Gasteiger partial charge < -0.3 is 10.6 Å². The van der Waals surface area contributed by atoms with Gasteiger partial charge in [0.15, 0.2) is 5.78 Å². The molecule has 7 nitrogen and oxygen atoms in total. The molecule has 3 rings (SSSR count). The van der Waals surface area contributed by atoms with E-state index in [1.54, 1.807) is 48.5 Å². The maximum absolute atomic E-state index is 13.2. The maximum atomic E-state index is 13.2. The summed E-state index contributed by atoms with van der Waals surface area (Å²) in [6.07, 6.45) is 0. The SMILES string of the molecule is O=C(Nc1ccccc1C(=O)c1ccccc1)Nc1ccc(F)cc1[N+](=O)[O-]. The summed E-state index contributed by atoms with van der Waals surface area (Å²) in [4.78, 5) is 35.2. The van der Waals surface area contributed by atoms with Gasteiger partial charge in [-0.25, -0.2) is 9.18 Å². The van der Waals surface area contributed by atoms with Gasteiger partial charge in [0.05, 0.1) is 16.7 Å². The lowest BCUT2D eigenvalue weighted by molar-refractivity contribution is -0.384. The smallest absolute Gasteiger partial charge is 0.307 e. The summed E-state index contributed by atoms with van der Waals surface area (Å²) in [5, 5.41) is 15.8. The average Bonchev–Trinajstić information content (AvgIpc) is 2.69. The van der Waals surface area contributed by atoms with E-state index in [0.29, 0.717) is 11.6 Å². The zero-order chi connectivity index (χ0) is 20.1. The second kappa shape index (κ2) is 8.09. The third kappa shape index (κ3) is 4.18. The van der Waals surface area contributed by atoms with E-state index in [2.05, 4.69) is 10.6 Å². The van der Waals surface area contributed by atoms with Crippen molar-refractivity contribution in [2.75, 3.05) is 10.6 Å². The lowest BCUT2D eigenvalue weighted by atomic mass is 10.0. The molecule has 28 heavy (non-hydrogen) atoms. The van der Waals surface area contributed by atoms with E-state index in [0.717, 1.165) is 12.1 Å². The number of carbonyl (C=O) groups excluding carboxylic acids is 2. The number of halogens is 1. The molecule has 0 unspecified atom stereocenters. The zero-order valence-corrected chi connectivity index (χ0v) is 14.4. The highest BCUT2D eigenvalue weighted by atomic mass is 19.1. The van der Waals surface area contributed by atoms with Gasteiger partial charge in [-0.1, -0.05) is 42.5 Å². The van der Waals surface area contributed by atoms with Crippen LogP contribution in [0.5, 0.6) is 0 Å². The van der Waals surface area contributed by atoms with Crippen molar-refractivity contribution in [2.45, 2.75) is 0 Å². The Balaban J connectivity index is 1.83. The first-order valence-electron chi connectivity index (χ1n) is 8.16. The Hall–Kier alpha value is -4.07. The van der Waals surface area contributed by atoms with Gasteiger partial charge >= 0.3 is 6.03 Å².